The number of carbonyl (C=O) groups is 1. The lowest BCUT2D eigenvalue weighted by molar-refractivity contribution is -0.136. The zero-order chi connectivity index (χ0) is 27.1. The second-order valence-electron chi connectivity index (χ2n) is 9.29. The smallest absolute Gasteiger partial charge is 0.338 e. The van der Waals surface area contributed by atoms with Crippen molar-refractivity contribution in [3.63, 3.8) is 0 Å². The van der Waals surface area contributed by atoms with Crippen LogP contribution in [0.4, 0.5) is 0 Å². The van der Waals surface area contributed by atoms with Gasteiger partial charge in [0.2, 0.25) is 0 Å². The molecular formula is C30H28IN3O3S. The van der Waals surface area contributed by atoms with Crippen molar-refractivity contribution < 1.29 is 9.53 Å². The number of allylic oxidation sites excluding steroid dienone is 1. The van der Waals surface area contributed by atoms with Crippen LogP contribution in [0.15, 0.2) is 75.7 Å². The Morgan fingerprint density at radius 1 is 1.13 bits per heavy atom. The van der Waals surface area contributed by atoms with Gasteiger partial charge in [0.1, 0.15) is 0 Å². The third-order valence-electron chi connectivity index (χ3n) is 6.92. The van der Waals surface area contributed by atoms with Gasteiger partial charge in [0, 0.05) is 20.6 Å². The lowest BCUT2D eigenvalue weighted by atomic mass is 9.95. The van der Waals surface area contributed by atoms with E-state index in [4.69, 9.17) is 9.73 Å². The number of ether oxygens (including phenoxy) is 1. The summed E-state index contributed by atoms with van der Waals surface area (Å²) in [6.07, 6.45) is 2.49. The molecule has 0 N–H and O–H groups in total. The first-order valence-corrected chi connectivity index (χ1v) is 14.3. The molecule has 2 aromatic carbocycles. The Balaban J connectivity index is 1.71. The fraction of sp³-hybridized carbons (Fsp3) is 0.233. The third-order valence-corrected chi connectivity index (χ3v) is 9.12. The average molecular weight is 638 g/mol. The summed E-state index contributed by atoms with van der Waals surface area (Å²) in [7, 11) is 1.36. The lowest BCUT2D eigenvalue weighted by Gasteiger charge is -2.25. The molecule has 8 heteroatoms. The number of thiazole rings is 1. The third kappa shape index (κ3) is 4.49. The average Bonchev–Trinajstić information content (AvgIpc) is 3.38. The summed E-state index contributed by atoms with van der Waals surface area (Å²) in [5.74, 6) is -0.468. The van der Waals surface area contributed by atoms with E-state index >= 15 is 0 Å². The zero-order valence-electron chi connectivity index (χ0n) is 21.9. The minimum absolute atomic E-state index is 0.172. The number of aryl methyl sites for hydroxylation is 2. The summed E-state index contributed by atoms with van der Waals surface area (Å²) in [5.41, 5.74) is 7.16. The summed E-state index contributed by atoms with van der Waals surface area (Å²) < 4.78 is 10.8. The van der Waals surface area contributed by atoms with Crippen LogP contribution in [0.5, 0.6) is 0 Å². The van der Waals surface area contributed by atoms with E-state index in [1.807, 2.05) is 43.3 Å². The minimum atomic E-state index is -0.598. The molecule has 1 atom stereocenters. The van der Waals surface area contributed by atoms with Gasteiger partial charge in [-0.25, -0.2) is 9.79 Å². The van der Waals surface area contributed by atoms with E-state index < -0.39 is 12.0 Å². The van der Waals surface area contributed by atoms with Crippen LogP contribution in [0, 0.1) is 24.3 Å². The van der Waals surface area contributed by atoms with E-state index in [0.29, 0.717) is 27.0 Å². The molecule has 0 fully saturated rings. The molecule has 0 bridgehead atoms. The highest BCUT2D eigenvalue weighted by molar-refractivity contribution is 14.1. The van der Waals surface area contributed by atoms with Gasteiger partial charge in [0.25, 0.3) is 5.56 Å². The molecular weight excluding hydrogens is 609 g/mol. The molecule has 194 valence electrons. The van der Waals surface area contributed by atoms with E-state index in [1.165, 1.54) is 27.6 Å². The number of halogens is 1. The molecule has 4 aromatic rings. The number of hydrogen-bond acceptors (Lipinski definition) is 5. The normalized spacial score (nSPS) is 15.4. The van der Waals surface area contributed by atoms with Crippen molar-refractivity contribution in [1.29, 1.82) is 0 Å². The van der Waals surface area contributed by atoms with Crippen LogP contribution in [0.3, 0.4) is 0 Å². The largest absolute Gasteiger partial charge is 0.466 e. The summed E-state index contributed by atoms with van der Waals surface area (Å²) in [6, 6.07) is 17.5. The van der Waals surface area contributed by atoms with Gasteiger partial charge in [0.05, 0.1) is 29.0 Å². The lowest BCUT2D eigenvalue weighted by Crippen LogP contribution is -2.40. The van der Waals surface area contributed by atoms with Gasteiger partial charge >= 0.3 is 5.97 Å². The van der Waals surface area contributed by atoms with Crippen molar-refractivity contribution in [3.8, 4) is 5.69 Å². The minimum Gasteiger partial charge on any atom is -0.466 e. The molecule has 2 aromatic heterocycles. The maximum absolute atomic E-state index is 13.9. The number of esters is 1. The van der Waals surface area contributed by atoms with Crippen LogP contribution in [0.25, 0.3) is 11.8 Å². The zero-order valence-corrected chi connectivity index (χ0v) is 24.9. The Morgan fingerprint density at radius 3 is 2.53 bits per heavy atom. The Labute approximate surface area is 238 Å². The number of aromatic nitrogens is 2. The molecule has 5 rings (SSSR count). The van der Waals surface area contributed by atoms with Crippen molar-refractivity contribution in [2.75, 3.05) is 7.11 Å². The maximum atomic E-state index is 13.9. The monoisotopic (exact) mass is 637 g/mol. The first-order chi connectivity index (χ1) is 18.2. The number of hydrogen-bond donors (Lipinski definition) is 0. The molecule has 6 nitrogen and oxygen atoms in total. The first-order valence-electron chi connectivity index (χ1n) is 12.4. The van der Waals surface area contributed by atoms with Crippen LogP contribution in [0.2, 0.25) is 0 Å². The maximum Gasteiger partial charge on any atom is 0.338 e. The summed E-state index contributed by atoms with van der Waals surface area (Å²) in [6.45, 7) is 8.21. The van der Waals surface area contributed by atoms with Crippen molar-refractivity contribution >= 4 is 46.0 Å². The highest BCUT2D eigenvalue weighted by atomic mass is 127. The SMILES string of the molecule is CCC1=C(C(=O)OC)[C@H](c2ccccc2)n2c(s/c(=C/c3cc(C)n(-c4ccc(I)c(C)c4)c3C)c2=O)=N1. The summed E-state index contributed by atoms with van der Waals surface area (Å²) in [5, 5.41) is 0. The fourth-order valence-electron chi connectivity index (χ4n) is 5.06. The molecule has 1 aliphatic heterocycles. The predicted octanol–water partition coefficient (Wildman–Crippen LogP) is 5.12. The molecule has 0 radical (unpaired) electrons. The molecule has 0 amide bonds. The molecule has 0 aliphatic carbocycles. The van der Waals surface area contributed by atoms with Gasteiger partial charge < -0.3 is 9.30 Å². The number of carbonyl (C=O) groups excluding carboxylic acids is 1. The Hall–Kier alpha value is -3.24. The highest BCUT2D eigenvalue weighted by Gasteiger charge is 2.33. The van der Waals surface area contributed by atoms with Gasteiger partial charge in [-0.05, 0) is 96.8 Å². The van der Waals surface area contributed by atoms with E-state index in [2.05, 4.69) is 72.2 Å². The number of methoxy groups -OCH3 is 1. The van der Waals surface area contributed by atoms with Crippen LogP contribution in [-0.4, -0.2) is 22.2 Å². The molecule has 0 spiro atoms. The van der Waals surface area contributed by atoms with Crippen molar-refractivity contribution in [2.24, 2.45) is 4.99 Å². The van der Waals surface area contributed by atoms with E-state index in [0.717, 1.165) is 28.2 Å². The molecule has 0 saturated heterocycles. The highest BCUT2D eigenvalue weighted by Crippen LogP contribution is 2.31. The van der Waals surface area contributed by atoms with Gasteiger partial charge in [-0.1, -0.05) is 48.6 Å². The Morgan fingerprint density at radius 2 is 1.87 bits per heavy atom. The Bertz CT molecular complexity index is 1780. The number of nitrogens with zero attached hydrogens (tertiary/aromatic N) is 3. The van der Waals surface area contributed by atoms with Gasteiger partial charge in [-0.15, -0.1) is 0 Å². The summed E-state index contributed by atoms with van der Waals surface area (Å²) >= 11 is 3.70. The topological polar surface area (TPSA) is 65.6 Å². The van der Waals surface area contributed by atoms with E-state index in [-0.39, 0.29) is 5.56 Å². The van der Waals surface area contributed by atoms with E-state index in [9.17, 15) is 9.59 Å². The number of fused-ring (bicyclic) bond motifs is 1. The second-order valence-corrected chi connectivity index (χ2v) is 11.5. The van der Waals surface area contributed by atoms with Crippen LogP contribution in [0.1, 0.15) is 47.5 Å². The first kappa shape index (κ1) is 26.4. The quantitative estimate of drug-likeness (QED) is 0.226. The Kier molecular flexibility index (Phi) is 7.28. The van der Waals surface area contributed by atoms with Gasteiger partial charge in [-0.2, -0.15) is 0 Å². The summed E-state index contributed by atoms with van der Waals surface area (Å²) in [4.78, 5) is 32.2. The molecule has 1 aliphatic rings. The predicted molar refractivity (Wildman–Crippen MR) is 160 cm³/mol. The van der Waals surface area contributed by atoms with Crippen molar-refractivity contribution in [2.45, 2.75) is 40.2 Å². The molecule has 38 heavy (non-hydrogen) atoms. The number of rotatable bonds is 5. The van der Waals surface area contributed by atoms with Gasteiger partial charge in [0.15, 0.2) is 4.80 Å². The standard InChI is InChI=1S/C30H28IN3O3S/c1-6-24-26(29(36)37-5)27(20-10-8-7-9-11-20)34-28(35)25(38-30(34)32-24)16-21-15-18(3)33(19(21)4)22-12-13-23(31)17(2)14-22/h7-16,27H,6H2,1-5H3/b25-16+/t27-/m0/s1. The molecule has 3 heterocycles. The van der Waals surface area contributed by atoms with Crippen LogP contribution >= 0.6 is 33.9 Å². The van der Waals surface area contributed by atoms with Crippen LogP contribution in [-0.2, 0) is 9.53 Å². The second kappa shape index (κ2) is 10.5. The molecule has 0 unspecified atom stereocenters. The number of benzene rings is 2. The van der Waals surface area contributed by atoms with Crippen molar-refractivity contribution in [1.82, 2.24) is 9.13 Å². The van der Waals surface area contributed by atoms with Crippen LogP contribution < -0.4 is 14.9 Å². The fourth-order valence-corrected chi connectivity index (χ4v) is 6.40. The van der Waals surface area contributed by atoms with Gasteiger partial charge in [-0.3, -0.25) is 9.36 Å². The van der Waals surface area contributed by atoms with Crippen molar-refractivity contribution in [3.05, 3.63) is 117 Å². The van der Waals surface area contributed by atoms with E-state index in [1.54, 1.807) is 4.57 Å². The molecule has 0 saturated carbocycles.